The number of nitrogens with zero attached hydrogens (tertiary/aromatic N) is 1. The van der Waals surface area contributed by atoms with Crippen LogP contribution in [0, 0.1) is 0 Å². The topological polar surface area (TPSA) is 77.8 Å². The summed E-state index contributed by atoms with van der Waals surface area (Å²) in [5.74, 6) is -0.216. The normalized spacial score (nSPS) is 20.2. The van der Waals surface area contributed by atoms with Gasteiger partial charge >= 0.3 is 5.97 Å². The number of hydrogen-bond donors (Lipinski definition) is 1. The summed E-state index contributed by atoms with van der Waals surface area (Å²) in [6.45, 7) is 2.10. The van der Waals surface area contributed by atoms with Gasteiger partial charge in [-0.15, -0.1) is 0 Å². The Bertz CT molecular complexity index is 985. The summed E-state index contributed by atoms with van der Waals surface area (Å²) in [4.78, 5) is 23.6. The third-order valence-electron chi connectivity index (χ3n) is 5.64. The summed E-state index contributed by atoms with van der Waals surface area (Å²) in [6.07, 6.45) is 5.19. The minimum atomic E-state index is -1.18. The second kappa shape index (κ2) is 5.71. The van der Waals surface area contributed by atoms with Crippen molar-refractivity contribution < 1.29 is 19.4 Å². The number of carboxylic acid groups (broad SMARTS) is 1. The number of hydrogen-bond acceptors (Lipinski definition) is 4. The summed E-state index contributed by atoms with van der Waals surface area (Å²) < 4.78 is 13.7. The van der Waals surface area contributed by atoms with Gasteiger partial charge in [-0.3, -0.25) is 4.79 Å². The lowest BCUT2D eigenvalue weighted by Gasteiger charge is -2.26. The van der Waals surface area contributed by atoms with E-state index in [-0.39, 0.29) is 11.7 Å². The Morgan fingerprint density at radius 3 is 2.85 bits per heavy atom. The maximum Gasteiger partial charge on any atom is 0.341 e. The largest absolute Gasteiger partial charge is 0.493 e. The lowest BCUT2D eigenvalue weighted by Crippen LogP contribution is -2.22. The van der Waals surface area contributed by atoms with Gasteiger partial charge in [0, 0.05) is 48.5 Å². The fourth-order valence-electron chi connectivity index (χ4n) is 4.43. The Labute approximate surface area is 150 Å². The van der Waals surface area contributed by atoms with Crippen LogP contribution in [0.4, 0.5) is 0 Å². The van der Waals surface area contributed by atoms with Gasteiger partial charge in [0.15, 0.2) is 5.43 Å². The number of pyridine rings is 1. The Balaban J connectivity index is 1.74. The van der Waals surface area contributed by atoms with Crippen molar-refractivity contribution in [3.8, 4) is 17.0 Å². The van der Waals surface area contributed by atoms with Gasteiger partial charge < -0.3 is 19.1 Å². The molecule has 134 valence electrons. The second-order valence-electron chi connectivity index (χ2n) is 7.08. The molecule has 6 heteroatoms. The molecule has 1 aromatic heterocycles. The molecule has 6 nitrogen and oxygen atoms in total. The smallest absolute Gasteiger partial charge is 0.341 e. The maximum absolute atomic E-state index is 12.3. The van der Waals surface area contributed by atoms with Crippen LogP contribution in [0.2, 0.25) is 0 Å². The van der Waals surface area contributed by atoms with E-state index in [2.05, 4.69) is 6.07 Å². The highest BCUT2D eigenvalue weighted by Gasteiger charge is 2.31. The molecule has 0 amide bonds. The predicted molar refractivity (Wildman–Crippen MR) is 93.9 cm³/mol. The van der Waals surface area contributed by atoms with Crippen molar-refractivity contribution in [3.63, 3.8) is 0 Å². The summed E-state index contributed by atoms with van der Waals surface area (Å²) in [6, 6.07) is 3.56. The quantitative estimate of drug-likeness (QED) is 0.898. The Morgan fingerprint density at radius 1 is 1.19 bits per heavy atom. The van der Waals surface area contributed by atoms with Gasteiger partial charge in [-0.25, -0.2) is 4.79 Å². The lowest BCUT2D eigenvalue weighted by molar-refractivity contribution is 0.0694. The van der Waals surface area contributed by atoms with E-state index in [4.69, 9.17) is 9.47 Å². The molecule has 0 aliphatic carbocycles. The first-order valence-electron chi connectivity index (χ1n) is 9.04. The number of aryl methyl sites for hydroxylation is 1. The van der Waals surface area contributed by atoms with Crippen molar-refractivity contribution in [2.75, 3.05) is 13.2 Å². The SMILES string of the molecule is O=C(O)c1cn2c(cc1=O)-c1cc(C3CCCO3)c3c(c1CC2)CCO3. The van der Waals surface area contributed by atoms with E-state index in [1.54, 1.807) is 0 Å². The van der Waals surface area contributed by atoms with Crippen molar-refractivity contribution in [1.29, 1.82) is 0 Å². The highest BCUT2D eigenvalue weighted by molar-refractivity contribution is 5.88. The molecule has 1 unspecified atom stereocenters. The molecule has 1 N–H and O–H groups in total. The number of aromatic nitrogens is 1. The zero-order valence-corrected chi connectivity index (χ0v) is 14.3. The average Bonchev–Trinajstić information content (AvgIpc) is 3.32. The van der Waals surface area contributed by atoms with Crippen molar-refractivity contribution in [2.45, 2.75) is 38.3 Å². The van der Waals surface area contributed by atoms with Crippen LogP contribution in [0.3, 0.4) is 0 Å². The predicted octanol–water partition coefficient (Wildman–Crippen LogP) is 2.56. The summed E-state index contributed by atoms with van der Waals surface area (Å²) in [7, 11) is 0. The molecule has 1 aromatic carbocycles. The Morgan fingerprint density at radius 2 is 2.08 bits per heavy atom. The molecule has 0 spiro atoms. The molecule has 4 heterocycles. The van der Waals surface area contributed by atoms with Crippen molar-refractivity contribution in [2.24, 2.45) is 0 Å². The van der Waals surface area contributed by atoms with E-state index in [0.717, 1.165) is 54.9 Å². The van der Waals surface area contributed by atoms with E-state index in [1.165, 1.54) is 23.4 Å². The van der Waals surface area contributed by atoms with E-state index >= 15 is 0 Å². The number of ether oxygens (including phenoxy) is 2. The first kappa shape index (κ1) is 15.6. The molecule has 0 saturated carbocycles. The molecule has 3 aliphatic rings. The van der Waals surface area contributed by atoms with Crippen molar-refractivity contribution in [1.82, 2.24) is 4.57 Å². The van der Waals surface area contributed by atoms with Crippen molar-refractivity contribution in [3.05, 3.63) is 50.8 Å². The minimum absolute atomic E-state index is 0.0348. The number of fused-ring (bicyclic) bond motifs is 5. The van der Waals surface area contributed by atoms with Crippen LogP contribution in [0.5, 0.6) is 5.75 Å². The molecule has 0 radical (unpaired) electrons. The third-order valence-corrected chi connectivity index (χ3v) is 5.64. The van der Waals surface area contributed by atoms with Gasteiger partial charge in [-0.2, -0.15) is 0 Å². The van der Waals surface area contributed by atoms with Gasteiger partial charge in [0.25, 0.3) is 0 Å². The van der Waals surface area contributed by atoms with E-state index in [1.807, 2.05) is 4.57 Å². The Kier molecular flexibility index (Phi) is 3.43. The molecule has 26 heavy (non-hydrogen) atoms. The summed E-state index contributed by atoms with van der Waals surface area (Å²) in [5.41, 5.74) is 4.69. The molecule has 3 aliphatic heterocycles. The molecular formula is C20H19NO5. The van der Waals surface area contributed by atoms with Crippen LogP contribution < -0.4 is 10.2 Å². The van der Waals surface area contributed by atoms with E-state index in [9.17, 15) is 14.7 Å². The number of rotatable bonds is 2. The number of carbonyl (C=O) groups is 1. The lowest BCUT2D eigenvalue weighted by atomic mass is 9.87. The second-order valence-corrected chi connectivity index (χ2v) is 7.08. The van der Waals surface area contributed by atoms with Gasteiger partial charge in [-0.1, -0.05) is 0 Å². The van der Waals surface area contributed by atoms with Crippen LogP contribution in [0.15, 0.2) is 23.1 Å². The summed E-state index contributed by atoms with van der Waals surface area (Å²) >= 11 is 0. The molecular weight excluding hydrogens is 334 g/mol. The van der Waals surface area contributed by atoms with Crippen molar-refractivity contribution >= 4 is 5.97 Å². The first-order chi connectivity index (χ1) is 12.6. The Hall–Kier alpha value is -2.60. The number of benzene rings is 1. The fourth-order valence-corrected chi connectivity index (χ4v) is 4.43. The third kappa shape index (κ3) is 2.22. The van der Waals surface area contributed by atoms with Crippen LogP contribution >= 0.6 is 0 Å². The zero-order valence-electron chi connectivity index (χ0n) is 14.3. The average molecular weight is 353 g/mol. The van der Waals surface area contributed by atoms with Gasteiger partial charge in [-0.05, 0) is 30.9 Å². The van der Waals surface area contributed by atoms with Gasteiger partial charge in [0.05, 0.1) is 18.4 Å². The van der Waals surface area contributed by atoms with Crippen LogP contribution in [-0.2, 0) is 24.1 Å². The van der Waals surface area contributed by atoms with Crippen LogP contribution in [-0.4, -0.2) is 28.9 Å². The van der Waals surface area contributed by atoms with E-state index < -0.39 is 11.4 Å². The zero-order chi connectivity index (χ0) is 17.8. The standard InChI is InChI=1S/C20H19NO5/c22-17-9-16-13-8-14(18-2-1-6-25-18)19-12(4-7-26-19)11(13)3-5-21(16)10-15(17)20(23)24/h8-10,18H,1-7H2,(H,23,24). The highest BCUT2D eigenvalue weighted by Crippen LogP contribution is 2.45. The molecule has 1 atom stereocenters. The maximum atomic E-state index is 12.3. The molecule has 1 fully saturated rings. The molecule has 1 saturated heterocycles. The van der Waals surface area contributed by atoms with Gasteiger partial charge in [0.2, 0.25) is 0 Å². The van der Waals surface area contributed by atoms with E-state index in [0.29, 0.717) is 13.2 Å². The van der Waals surface area contributed by atoms with Crippen LogP contribution in [0.1, 0.15) is 46.0 Å². The number of aromatic carboxylic acids is 1. The summed E-state index contributed by atoms with van der Waals surface area (Å²) in [5, 5.41) is 9.23. The minimum Gasteiger partial charge on any atom is -0.493 e. The molecule has 2 aromatic rings. The van der Waals surface area contributed by atoms with Crippen LogP contribution in [0.25, 0.3) is 11.3 Å². The fraction of sp³-hybridized carbons (Fsp3) is 0.400. The van der Waals surface area contributed by atoms with Gasteiger partial charge in [0.1, 0.15) is 11.3 Å². The number of carboxylic acids is 1. The highest BCUT2D eigenvalue weighted by atomic mass is 16.5. The molecule has 5 rings (SSSR count). The molecule has 0 bridgehead atoms. The monoisotopic (exact) mass is 353 g/mol. The first-order valence-corrected chi connectivity index (χ1v) is 9.04.